The molecule has 1 heterocycles. The highest BCUT2D eigenvalue weighted by Crippen LogP contribution is 1.96. The van der Waals surface area contributed by atoms with Crippen molar-refractivity contribution in [1.82, 2.24) is 15.0 Å². The standard InChI is InChI=1S/C15H26N4O6/c16-15(21)2-6-23-7-3-19-12-14(17-18-19)13-25-11-10-24-9-8-22-5-1-4-20/h4,12H,1-3,5-11,13H2,(H2,16,21). The monoisotopic (exact) mass is 358 g/mol. The van der Waals surface area contributed by atoms with Crippen LogP contribution in [0.4, 0.5) is 0 Å². The molecule has 25 heavy (non-hydrogen) atoms. The van der Waals surface area contributed by atoms with Gasteiger partial charge in [0.2, 0.25) is 5.91 Å². The van der Waals surface area contributed by atoms with Crippen LogP contribution in [0, 0.1) is 0 Å². The van der Waals surface area contributed by atoms with Crippen LogP contribution in [0.2, 0.25) is 0 Å². The molecule has 0 fully saturated rings. The molecule has 0 aliphatic rings. The number of aromatic nitrogens is 3. The first-order valence-electron chi connectivity index (χ1n) is 8.14. The molecule has 2 N–H and O–H groups in total. The van der Waals surface area contributed by atoms with E-state index in [-0.39, 0.29) is 12.3 Å². The van der Waals surface area contributed by atoms with Crippen LogP contribution in [-0.2, 0) is 41.7 Å². The molecule has 0 spiro atoms. The number of nitrogens with zero attached hydrogens (tertiary/aromatic N) is 3. The number of hydrogen-bond donors (Lipinski definition) is 1. The SMILES string of the molecule is NC(=O)CCOCCn1cc(COCCOCCOCCC=O)nn1. The topological polar surface area (TPSA) is 128 Å². The maximum atomic E-state index is 10.5. The van der Waals surface area contributed by atoms with Gasteiger partial charge in [-0.1, -0.05) is 5.21 Å². The fourth-order valence-corrected chi connectivity index (χ4v) is 1.69. The summed E-state index contributed by atoms with van der Waals surface area (Å²) < 4.78 is 22.8. The average molecular weight is 358 g/mol. The van der Waals surface area contributed by atoms with E-state index in [0.717, 1.165) is 6.29 Å². The van der Waals surface area contributed by atoms with Gasteiger partial charge < -0.3 is 29.5 Å². The van der Waals surface area contributed by atoms with Gasteiger partial charge in [-0.3, -0.25) is 4.79 Å². The molecule has 0 aliphatic heterocycles. The molecule has 1 aromatic heterocycles. The zero-order chi connectivity index (χ0) is 18.2. The summed E-state index contributed by atoms with van der Waals surface area (Å²) in [6.45, 7) is 3.88. The number of amides is 1. The van der Waals surface area contributed by atoms with Gasteiger partial charge in [-0.15, -0.1) is 5.10 Å². The molecule has 0 saturated heterocycles. The third kappa shape index (κ3) is 12.2. The summed E-state index contributed by atoms with van der Waals surface area (Å²) in [6.07, 6.45) is 3.22. The van der Waals surface area contributed by atoms with Crippen LogP contribution in [0.1, 0.15) is 18.5 Å². The lowest BCUT2D eigenvalue weighted by Gasteiger charge is -2.05. The predicted molar refractivity (Wildman–Crippen MR) is 86.6 cm³/mol. The van der Waals surface area contributed by atoms with Gasteiger partial charge in [0.15, 0.2) is 0 Å². The van der Waals surface area contributed by atoms with Crippen LogP contribution in [0.5, 0.6) is 0 Å². The minimum absolute atomic E-state index is 0.212. The Balaban J connectivity index is 1.95. The highest BCUT2D eigenvalue weighted by Gasteiger charge is 2.02. The first kappa shape index (κ1) is 21.2. The third-order valence-corrected chi connectivity index (χ3v) is 2.92. The Hall–Kier alpha value is -1.88. The second kappa shape index (κ2) is 14.5. The zero-order valence-electron chi connectivity index (χ0n) is 14.3. The lowest BCUT2D eigenvalue weighted by atomic mass is 10.4. The Kier molecular flexibility index (Phi) is 12.2. The number of carbonyl (C=O) groups is 2. The summed E-state index contributed by atoms with van der Waals surface area (Å²) in [4.78, 5) is 20.6. The van der Waals surface area contributed by atoms with Crippen molar-refractivity contribution < 1.29 is 28.5 Å². The van der Waals surface area contributed by atoms with Crippen molar-refractivity contribution in [3.8, 4) is 0 Å². The van der Waals surface area contributed by atoms with Gasteiger partial charge in [0.25, 0.3) is 0 Å². The fourth-order valence-electron chi connectivity index (χ4n) is 1.69. The average Bonchev–Trinajstić information content (AvgIpc) is 3.04. The van der Waals surface area contributed by atoms with Crippen LogP contribution < -0.4 is 5.73 Å². The molecule has 1 rings (SSSR count). The molecular formula is C15H26N4O6. The smallest absolute Gasteiger partial charge is 0.219 e. The number of ether oxygens (including phenoxy) is 4. The number of carbonyl (C=O) groups excluding carboxylic acids is 2. The van der Waals surface area contributed by atoms with Crippen LogP contribution in [0.15, 0.2) is 6.20 Å². The van der Waals surface area contributed by atoms with Gasteiger partial charge in [-0.2, -0.15) is 0 Å². The van der Waals surface area contributed by atoms with Crippen molar-refractivity contribution in [2.45, 2.75) is 26.0 Å². The van der Waals surface area contributed by atoms with Crippen molar-refractivity contribution in [3.63, 3.8) is 0 Å². The highest BCUT2D eigenvalue weighted by atomic mass is 16.5. The van der Waals surface area contributed by atoms with Gasteiger partial charge in [0, 0.05) is 12.8 Å². The van der Waals surface area contributed by atoms with E-state index in [1.165, 1.54) is 0 Å². The van der Waals surface area contributed by atoms with E-state index in [0.29, 0.717) is 71.5 Å². The maximum Gasteiger partial charge on any atom is 0.219 e. The number of rotatable bonds is 17. The Morgan fingerprint density at radius 2 is 1.72 bits per heavy atom. The van der Waals surface area contributed by atoms with Gasteiger partial charge in [-0.05, 0) is 0 Å². The van der Waals surface area contributed by atoms with Crippen molar-refractivity contribution in [3.05, 3.63) is 11.9 Å². The van der Waals surface area contributed by atoms with Gasteiger partial charge in [0.1, 0.15) is 12.0 Å². The molecule has 142 valence electrons. The molecule has 10 heteroatoms. The summed E-state index contributed by atoms with van der Waals surface area (Å²) in [5.41, 5.74) is 5.73. The Morgan fingerprint density at radius 1 is 1.04 bits per heavy atom. The van der Waals surface area contributed by atoms with Gasteiger partial charge in [0.05, 0.1) is 65.6 Å². The molecule has 0 aliphatic carbocycles. The number of hydrogen-bond acceptors (Lipinski definition) is 8. The lowest BCUT2D eigenvalue weighted by Crippen LogP contribution is -2.15. The zero-order valence-corrected chi connectivity index (χ0v) is 14.3. The van der Waals surface area contributed by atoms with Crippen LogP contribution in [0.3, 0.4) is 0 Å². The molecule has 0 unspecified atom stereocenters. The Labute approximate surface area is 146 Å². The molecular weight excluding hydrogens is 332 g/mol. The van der Waals surface area contributed by atoms with E-state index in [1.54, 1.807) is 10.9 Å². The highest BCUT2D eigenvalue weighted by molar-refractivity contribution is 5.73. The Bertz CT molecular complexity index is 482. The fraction of sp³-hybridized carbons (Fsp3) is 0.733. The third-order valence-electron chi connectivity index (χ3n) is 2.92. The first-order chi connectivity index (χ1) is 12.2. The predicted octanol–water partition coefficient (Wildman–Crippen LogP) is -0.691. The Morgan fingerprint density at radius 3 is 2.44 bits per heavy atom. The van der Waals surface area contributed by atoms with Crippen molar-refractivity contribution in [2.24, 2.45) is 5.73 Å². The summed E-state index contributed by atoms with van der Waals surface area (Å²) >= 11 is 0. The van der Waals surface area contributed by atoms with Crippen molar-refractivity contribution >= 4 is 12.2 Å². The van der Waals surface area contributed by atoms with Crippen LogP contribution in [-0.4, -0.2) is 73.4 Å². The molecule has 10 nitrogen and oxygen atoms in total. The minimum Gasteiger partial charge on any atom is -0.379 e. The summed E-state index contributed by atoms with van der Waals surface area (Å²) in [6, 6.07) is 0. The van der Waals surface area contributed by atoms with Crippen LogP contribution >= 0.6 is 0 Å². The van der Waals surface area contributed by atoms with Crippen molar-refractivity contribution in [1.29, 1.82) is 0 Å². The van der Waals surface area contributed by atoms with Gasteiger partial charge >= 0.3 is 0 Å². The second-order valence-electron chi connectivity index (χ2n) is 5.03. The van der Waals surface area contributed by atoms with E-state index in [2.05, 4.69) is 10.3 Å². The second-order valence-corrected chi connectivity index (χ2v) is 5.03. The number of nitrogens with two attached hydrogens (primary N) is 1. The molecule has 1 aromatic rings. The summed E-state index contributed by atoms with van der Waals surface area (Å²) in [5.74, 6) is -0.380. The summed E-state index contributed by atoms with van der Waals surface area (Å²) in [5, 5.41) is 7.94. The van der Waals surface area contributed by atoms with Crippen molar-refractivity contribution in [2.75, 3.05) is 46.2 Å². The molecule has 1 amide bonds. The number of aldehydes is 1. The van der Waals surface area contributed by atoms with Gasteiger partial charge in [-0.25, -0.2) is 4.68 Å². The van der Waals surface area contributed by atoms with Crippen LogP contribution in [0.25, 0.3) is 0 Å². The van der Waals surface area contributed by atoms with E-state index >= 15 is 0 Å². The van der Waals surface area contributed by atoms with E-state index < -0.39 is 0 Å². The minimum atomic E-state index is -0.380. The number of primary amides is 1. The van der Waals surface area contributed by atoms with E-state index in [9.17, 15) is 9.59 Å². The first-order valence-corrected chi connectivity index (χ1v) is 8.14. The lowest BCUT2D eigenvalue weighted by molar-refractivity contribution is -0.119. The van der Waals surface area contributed by atoms with E-state index in [1.807, 2.05) is 0 Å². The quantitative estimate of drug-likeness (QED) is 0.286. The maximum absolute atomic E-state index is 10.5. The molecule has 0 saturated carbocycles. The van der Waals surface area contributed by atoms with E-state index in [4.69, 9.17) is 24.7 Å². The molecule has 0 aromatic carbocycles. The molecule has 0 atom stereocenters. The summed E-state index contributed by atoms with van der Waals surface area (Å²) in [7, 11) is 0. The largest absolute Gasteiger partial charge is 0.379 e. The molecule has 0 radical (unpaired) electrons. The molecule has 0 bridgehead atoms. The normalized spacial score (nSPS) is 10.9.